The van der Waals surface area contributed by atoms with Crippen LogP contribution in [0.2, 0.25) is 0 Å². The highest BCUT2D eigenvalue weighted by atomic mass is 16.5. The largest absolute Gasteiger partial charge is 0.453 e. The number of pyridine rings is 2. The van der Waals surface area contributed by atoms with Crippen molar-refractivity contribution in [2.24, 2.45) is 11.8 Å². The molecule has 7 rings (SSSR count). The molecule has 16 heteroatoms. The normalized spacial score (nSPS) is 18.1. The van der Waals surface area contributed by atoms with Crippen molar-refractivity contribution >= 4 is 46.3 Å². The molecule has 294 valence electrons. The first-order valence-electron chi connectivity index (χ1n) is 19.1. The van der Waals surface area contributed by atoms with E-state index >= 15 is 0 Å². The maximum absolute atomic E-state index is 13.6. The molecule has 4 aromatic heterocycles. The number of ether oxygens (including phenoxy) is 2. The molecule has 56 heavy (non-hydrogen) atoms. The van der Waals surface area contributed by atoms with E-state index in [-0.39, 0.29) is 35.7 Å². The predicted octanol–water partition coefficient (Wildman–Crippen LogP) is 5.65. The molecular weight excluding hydrogens is 717 g/mol. The average Bonchev–Trinajstić information content (AvgIpc) is 4.03. The van der Waals surface area contributed by atoms with Crippen molar-refractivity contribution in [1.29, 1.82) is 0 Å². The maximum atomic E-state index is 13.6. The number of hydrogen-bond acceptors (Lipinski definition) is 10. The van der Waals surface area contributed by atoms with Gasteiger partial charge in [0.15, 0.2) is 11.3 Å². The van der Waals surface area contributed by atoms with E-state index in [1.165, 1.54) is 14.2 Å². The van der Waals surface area contributed by atoms with Gasteiger partial charge in [-0.05, 0) is 61.8 Å². The molecule has 4 amide bonds. The average molecular weight is 765 g/mol. The van der Waals surface area contributed by atoms with Crippen LogP contribution in [0.1, 0.15) is 77.1 Å². The van der Waals surface area contributed by atoms with Crippen LogP contribution in [0.15, 0.2) is 48.5 Å². The maximum Gasteiger partial charge on any atom is 0.407 e. The number of benzene rings is 1. The number of aromatic nitrogens is 6. The van der Waals surface area contributed by atoms with Gasteiger partial charge in [-0.2, -0.15) is 0 Å². The molecule has 0 spiro atoms. The van der Waals surface area contributed by atoms with Crippen molar-refractivity contribution in [3.63, 3.8) is 0 Å². The van der Waals surface area contributed by atoms with Crippen LogP contribution < -0.4 is 10.6 Å². The molecule has 2 aliphatic rings. The molecule has 1 aromatic carbocycles. The van der Waals surface area contributed by atoms with Gasteiger partial charge < -0.3 is 39.9 Å². The Bertz CT molecular complexity index is 2090. The van der Waals surface area contributed by atoms with Crippen molar-refractivity contribution < 1.29 is 28.7 Å². The van der Waals surface area contributed by atoms with E-state index in [0.717, 1.165) is 59.2 Å². The molecule has 2 saturated heterocycles. The Kier molecular flexibility index (Phi) is 10.9. The molecule has 4 N–H and O–H groups in total. The van der Waals surface area contributed by atoms with Crippen molar-refractivity contribution in [3.05, 3.63) is 60.2 Å². The van der Waals surface area contributed by atoms with Gasteiger partial charge in [-0.25, -0.2) is 29.5 Å². The number of likely N-dealkylation sites (tertiary alicyclic amines) is 2. The van der Waals surface area contributed by atoms with Crippen LogP contribution in [-0.4, -0.2) is 103 Å². The minimum Gasteiger partial charge on any atom is -0.453 e. The van der Waals surface area contributed by atoms with E-state index in [0.29, 0.717) is 36.0 Å². The highest BCUT2D eigenvalue weighted by Gasteiger charge is 2.39. The number of carbonyl (C=O) groups is 4. The molecule has 0 unspecified atom stereocenters. The van der Waals surface area contributed by atoms with Gasteiger partial charge in [0, 0.05) is 24.2 Å². The topological polar surface area (TPSA) is 200 Å². The van der Waals surface area contributed by atoms with Crippen molar-refractivity contribution in [2.45, 2.75) is 77.5 Å². The Morgan fingerprint density at radius 2 is 1.02 bits per heavy atom. The monoisotopic (exact) mass is 764 g/mol. The van der Waals surface area contributed by atoms with Crippen LogP contribution in [0.25, 0.3) is 44.8 Å². The van der Waals surface area contributed by atoms with Gasteiger partial charge in [-0.1, -0.05) is 52.0 Å². The lowest BCUT2D eigenvalue weighted by atomic mass is 10.0. The van der Waals surface area contributed by atoms with Gasteiger partial charge in [0.2, 0.25) is 11.8 Å². The van der Waals surface area contributed by atoms with Crippen LogP contribution in [0, 0.1) is 11.8 Å². The second kappa shape index (κ2) is 16.0. The van der Waals surface area contributed by atoms with Gasteiger partial charge in [0.05, 0.1) is 48.7 Å². The minimum atomic E-state index is -0.712. The molecule has 6 heterocycles. The number of rotatable bonds is 10. The minimum absolute atomic E-state index is 0.125. The van der Waals surface area contributed by atoms with Crippen LogP contribution >= 0.6 is 0 Å². The molecule has 2 aliphatic heterocycles. The van der Waals surface area contributed by atoms with Gasteiger partial charge in [-0.15, -0.1) is 0 Å². The predicted molar refractivity (Wildman–Crippen MR) is 208 cm³/mol. The number of methoxy groups -OCH3 is 2. The first-order valence-corrected chi connectivity index (χ1v) is 19.1. The molecule has 16 nitrogen and oxygen atoms in total. The third kappa shape index (κ3) is 7.59. The fourth-order valence-corrected chi connectivity index (χ4v) is 7.66. The number of nitrogens with zero attached hydrogens (tertiary/aromatic N) is 6. The fraction of sp³-hybridized carbons (Fsp3) is 0.450. The Balaban J connectivity index is 1.06. The van der Waals surface area contributed by atoms with Gasteiger partial charge >= 0.3 is 12.2 Å². The summed E-state index contributed by atoms with van der Waals surface area (Å²) in [5.74, 6) is 0.749. The summed E-state index contributed by atoms with van der Waals surface area (Å²) < 4.78 is 9.52. The zero-order valence-corrected chi connectivity index (χ0v) is 32.5. The zero-order valence-electron chi connectivity index (χ0n) is 32.5. The highest BCUT2D eigenvalue weighted by Crippen LogP contribution is 2.35. The third-order valence-electron chi connectivity index (χ3n) is 10.7. The lowest BCUT2D eigenvalue weighted by Crippen LogP contribution is -2.51. The number of carbonyl (C=O) groups excluding carboxylic acids is 4. The van der Waals surface area contributed by atoms with Crippen LogP contribution in [0.4, 0.5) is 9.59 Å². The second-order valence-electron chi connectivity index (χ2n) is 15.1. The molecule has 0 radical (unpaired) electrons. The molecule has 0 saturated carbocycles. The quantitative estimate of drug-likeness (QED) is 0.138. The summed E-state index contributed by atoms with van der Waals surface area (Å²) in [6.07, 6.45) is 1.86. The Morgan fingerprint density at radius 1 is 0.625 bits per heavy atom. The Labute approximate surface area is 324 Å². The number of imidazole rings is 2. The summed E-state index contributed by atoms with van der Waals surface area (Å²) in [6.45, 7) is 8.69. The first kappa shape index (κ1) is 38.2. The van der Waals surface area contributed by atoms with Crippen LogP contribution in [-0.2, 0) is 19.1 Å². The van der Waals surface area contributed by atoms with E-state index in [2.05, 4.69) is 20.6 Å². The van der Waals surface area contributed by atoms with Crippen molar-refractivity contribution in [3.8, 4) is 22.5 Å². The molecule has 0 bridgehead atoms. The zero-order chi connectivity index (χ0) is 39.7. The van der Waals surface area contributed by atoms with Crippen LogP contribution in [0.5, 0.6) is 0 Å². The smallest absolute Gasteiger partial charge is 0.407 e. The fourth-order valence-electron chi connectivity index (χ4n) is 7.66. The Morgan fingerprint density at radius 3 is 1.38 bits per heavy atom. The lowest BCUT2D eigenvalue weighted by molar-refractivity contribution is -0.136. The summed E-state index contributed by atoms with van der Waals surface area (Å²) in [5.41, 5.74) is 5.96. The van der Waals surface area contributed by atoms with E-state index in [1.54, 1.807) is 9.80 Å². The van der Waals surface area contributed by atoms with Gasteiger partial charge in [-0.3, -0.25) is 9.59 Å². The van der Waals surface area contributed by atoms with Crippen LogP contribution in [0.3, 0.4) is 0 Å². The number of hydrogen-bond donors (Lipinski definition) is 4. The summed E-state index contributed by atoms with van der Waals surface area (Å²) in [4.78, 5) is 80.8. The molecule has 2 fully saturated rings. The van der Waals surface area contributed by atoms with E-state index in [4.69, 9.17) is 29.4 Å². The standard InChI is InChI=1S/C40H48N10O6/c1-21(2)31(45-39(53)55-5)37(51)49-19-7-9-29(49)35-43-27-17-15-25(41-33(27)47-35)23-11-13-24(14-12-23)26-16-18-28-34(42-26)48-36(44-28)30-10-8-20-50(30)38(52)32(22(3)4)46-40(54)56-6/h11-18,21-22,29-32H,7-10,19-20H2,1-6H3,(H,45,53)(H,46,54)(H,41,43,47)(H,42,44,48)/t29-,30-,31-,32-/m0/s1. The van der Waals surface area contributed by atoms with E-state index in [1.807, 2.05) is 76.2 Å². The number of fused-ring (bicyclic) bond motifs is 2. The highest BCUT2D eigenvalue weighted by molar-refractivity contribution is 5.87. The number of amides is 4. The van der Waals surface area contributed by atoms with E-state index in [9.17, 15) is 19.2 Å². The second-order valence-corrected chi connectivity index (χ2v) is 15.1. The molecule has 5 aromatic rings. The first-order chi connectivity index (χ1) is 26.9. The Hall–Kier alpha value is -6.06. The van der Waals surface area contributed by atoms with Crippen molar-refractivity contribution in [1.82, 2.24) is 50.3 Å². The van der Waals surface area contributed by atoms with E-state index < -0.39 is 24.3 Å². The summed E-state index contributed by atoms with van der Waals surface area (Å²) >= 11 is 0. The number of nitrogens with one attached hydrogen (secondary N) is 4. The number of alkyl carbamates (subject to hydrolysis) is 2. The number of H-pyrrole nitrogens is 2. The van der Waals surface area contributed by atoms with Gasteiger partial charge in [0.1, 0.15) is 23.7 Å². The van der Waals surface area contributed by atoms with Gasteiger partial charge in [0.25, 0.3) is 0 Å². The summed E-state index contributed by atoms with van der Waals surface area (Å²) in [5, 5.41) is 5.38. The summed E-state index contributed by atoms with van der Waals surface area (Å²) in [7, 11) is 2.56. The molecule has 0 aliphatic carbocycles. The molecular formula is C40H48N10O6. The van der Waals surface area contributed by atoms with Crippen molar-refractivity contribution in [2.75, 3.05) is 27.3 Å². The third-order valence-corrected chi connectivity index (χ3v) is 10.7. The SMILES string of the molecule is COC(=O)N[C@H](C(=O)N1CCC[C@H]1c1nc2nc(-c3ccc(-c4ccc5[nH]c([C@@H]6CCCN6C(=O)[C@@H](NC(=O)OC)C(C)C)nc5n4)cc3)ccc2[nH]1)C(C)C. The lowest BCUT2D eigenvalue weighted by Gasteiger charge is -2.29. The molecule has 4 atom stereocenters. The summed E-state index contributed by atoms with van der Waals surface area (Å²) in [6, 6.07) is 13.8. The number of aromatic amines is 2.